The minimum Gasteiger partial charge on any atom is -0.394 e. The monoisotopic (exact) mass is 225 g/mol. The Kier molecular flexibility index (Phi) is 4.53. The number of amides is 1. The van der Waals surface area contributed by atoms with Crippen LogP contribution in [0.1, 0.15) is 0 Å². The topological polar surface area (TPSA) is 86.3 Å². The summed E-state index contributed by atoms with van der Waals surface area (Å²) < 4.78 is 6.35. The largest absolute Gasteiger partial charge is 0.394 e. The van der Waals surface area contributed by atoms with E-state index in [4.69, 9.17) is 10.5 Å². The summed E-state index contributed by atoms with van der Waals surface area (Å²) in [7, 11) is 1.56. The molecule has 16 heavy (non-hydrogen) atoms. The summed E-state index contributed by atoms with van der Waals surface area (Å²) in [4.78, 5) is 22.4. The molecule has 0 saturated heterocycles. The molecule has 0 aromatic carbocycles. The van der Waals surface area contributed by atoms with Crippen LogP contribution in [0.4, 0.5) is 5.69 Å². The van der Waals surface area contributed by atoms with Gasteiger partial charge in [0, 0.05) is 32.1 Å². The molecular formula is C10H15N3O3. The fourth-order valence-electron chi connectivity index (χ4n) is 1.16. The molecule has 6 heteroatoms. The third-order valence-electron chi connectivity index (χ3n) is 1.96. The van der Waals surface area contributed by atoms with Crippen molar-refractivity contribution in [1.82, 2.24) is 9.88 Å². The van der Waals surface area contributed by atoms with Crippen LogP contribution in [0.2, 0.25) is 0 Å². The molecule has 3 N–H and O–H groups in total. The minimum atomic E-state index is -0.240. The second-order valence-electron chi connectivity index (χ2n) is 3.28. The number of aromatic nitrogens is 1. The zero-order valence-corrected chi connectivity index (χ0v) is 9.10. The maximum Gasteiger partial charge on any atom is 0.239 e. The van der Waals surface area contributed by atoms with Gasteiger partial charge in [-0.3, -0.25) is 9.59 Å². The van der Waals surface area contributed by atoms with Gasteiger partial charge in [-0.15, -0.1) is 0 Å². The first-order valence-electron chi connectivity index (χ1n) is 4.84. The number of nitrogen functional groups attached to an aromatic ring is 1. The summed E-state index contributed by atoms with van der Waals surface area (Å²) in [6.07, 6.45) is 2.97. The summed E-state index contributed by atoms with van der Waals surface area (Å²) in [5, 5.41) is 2.66. The second-order valence-corrected chi connectivity index (χ2v) is 3.28. The number of pyridine rings is 1. The van der Waals surface area contributed by atoms with Crippen molar-refractivity contribution in [2.24, 2.45) is 0 Å². The molecule has 0 spiro atoms. The molecule has 1 heterocycles. The van der Waals surface area contributed by atoms with Crippen LogP contribution in [0.3, 0.4) is 0 Å². The Morgan fingerprint density at radius 3 is 3.00 bits per heavy atom. The summed E-state index contributed by atoms with van der Waals surface area (Å²) in [6, 6.07) is 1.33. The Labute approximate surface area is 93.0 Å². The van der Waals surface area contributed by atoms with Crippen molar-refractivity contribution in [3.05, 3.63) is 28.7 Å². The van der Waals surface area contributed by atoms with E-state index in [0.29, 0.717) is 13.2 Å². The molecule has 0 bridgehead atoms. The van der Waals surface area contributed by atoms with E-state index in [2.05, 4.69) is 5.32 Å². The van der Waals surface area contributed by atoms with Crippen LogP contribution in [0.15, 0.2) is 23.3 Å². The third-order valence-corrected chi connectivity index (χ3v) is 1.96. The van der Waals surface area contributed by atoms with Gasteiger partial charge in [0.1, 0.15) is 6.54 Å². The minimum absolute atomic E-state index is 0.132. The predicted molar refractivity (Wildman–Crippen MR) is 60.0 cm³/mol. The number of rotatable bonds is 5. The van der Waals surface area contributed by atoms with Gasteiger partial charge < -0.3 is 20.4 Å². The van der Waals surface area contributed by atoms with Crippen LogP contribution in [-0.4, -0.2) is 30.7 Å². The van der Waals surface area contributed by atoms with Crippen LogP contribution in [0.25, 0.3) is 0 Å². The number of carbonyl (C=O) groups excluding carboxylic acids is 1. The first-order chi connectivity index (χ1) is 7.63. The lowest BCUT2D eigenvalue weighted by Crippen LogP contribution is -2.30. The highest BCUT2D eigenvalue weighted by molar-refractivity contribution is 5.75. The lowest BCUT2D eigenvalue weighted by atomic mass is 10.4. The Morgan fingerprint density at radius 2 is 2.38 bits per heavy atom. The van der Waals surface area contributed by atoms with Crippen LogP contribution >= 0.6 is 0 Å². The lowest BCUT2D eigenvalue weighted by molar-refractivity contribution is -0.121. The highest BCUT2D eigenvalue weighted by Gasteiger charge is 2.02. The Hall–Kier alpha value is -1.82. The number of anilines is 1. The first-order valence-corrected chi connectivity index (χ1v) is 4.84. The molecule has 0 aliphatic rings. The van der Waals surface area contributed by atoms with E-state index >= 15 is 0 Å². The van der Waals surface area contributed by atoms with Gasteiger partial charge in [0.25, 0.3) is 0 Å². The molecule has 1 aromatic heterocycles. The highest BCUT2D eigenvalue weighted by Crippen LogP contribution is 1.92. The van der Waals surface area contributed by atoms with Crippen LogP contribution < -0.4 is 16.5 Å². The standard InChI is InChI=1S/C10H15N3O3/c1-16-5-3-12-10(15)7-13-4-2-9(14)8(11)6-13/h2,4,6H,3,5,7,11H2,1H3,(H,12,15). The zero-order chi connectivity index (χ0) is 12.0. The van der Waals surface area contributed by atoms with Crippen molar-refractivity contribution >= 4 is 11.6 Å². The van der Waals surface area contributed by atoms with E-state index in [0.717, 1.165) is 0 Å². The van der Waals surface area contributed by atoms with Crippen molar-refractivity contribution in [2.45, 2.75) is 6.54 Å². The van der Waals surface area contributed by atoms with E-state index in [9.17, 15) is 9.59 Å². The summed E-state index contributed by atoms with van der Waals surface area (Å²) in [5.41, 5.74) is 5.32. The number of nitrogens with one attached hydrogen (secondary N) is 1. The average molecular weight is 225 g/mol. The SMILES string of the molecule is COCCNC(=O)Cn1ccc(=O)c(N)c1. The van der Waals surface area contributed by atoms with Gasteiger partial charge in [-0.05, 0) is 0 Å². The second kappa shape index (κ2) is 5.92. The van der Waals surface area contributed by atoms with Crippen LogP contribution in [-0.2, 0) is 16.1 Å². The molecule has 0 aliphatic carbocycles. The van der Waals surface area contributed by atoms with Crippen LogP contribution in [0.5, 0.6) is 0 Å². The molecule has 1 aromatic rings. The van der Waals surface area contributed by atoms with Crippen molar-refractivity contribution in [3.63, 3.8) is 0 Å². The fraction of sp³-hybridized carbons (Fsp3) is 0.400. The molecule has 88 valence electrons. The van der Waals surface area contributed by atoms with E-state index in [1.165, 1.54) is 18.5 Å². The van der Waals surface area contributed by atoms with Gasteiger partial charge in [-0.2, -0.15) is 0 Å². The van der Waals surface area contributed by atoms with E-state index in [-0.39, 0.29) is 23.6 Å². The van der Waals surface area contributed by atoms with Crippen molar-refractivity contribution in [3.8, 4) is 0 Å². The van der Waals surface area contributed by atoms with Gasteiger partial charge in [-0.1, -0.05) is 0 Å². The zero-order valence-electron chi connectivity index (χ0n) is 9.10. The van der Waals surface area contributed by atoms with E-state index in [1.807, 2.05) is 0 Å². The molecular weight excluding hydrogens is 210 g/mol. The van der Waals surface area contributed by atoms with Gasteiger partial charge in [-0.25, -0.2) is 0 Å². The summed E-state index contributed by atoms with van der Waals surface area (Å²) in [5.74, 6) is -0.153. The Balaban J connectivity index is 2.50. The number of hydrogen-bond donors (Lipinski definition) is 2. The molecule has 0 fully saturated rings. The summed E-state index contributed by atoms with van der Waals surface area (Å²) >= 11 is 0. The van der Waals surface area contributed by atoms with E-state index in [1.54, 1.807) is 11.7 Å². The number of hydrogen-bond acceptors (Lipinski definition) is 4. The summed E-state index contributed by atoms with van der Waals surface area (Å²) in [6.45, 7) is 1.07. The molecule has 6 nitrogen and oxygen atoms in total. The lowest BCUT2D eigenvalue weighted by Gasteiger charge is -2.07. The quantitative estimate of drug-likeness (QED) is 0.642. The highest BCUT2D eigenvalue weighted by atomic mass is 16.5. The van der Waals surface area contributed by atoms with Gasteiger partial charge >= 0.3 is 0 Å². The molecule has 0 radical (unpaired) electrons. The number of nitrogens with zero attached hydrogens (tertiary/aromatic N) is 1. The molecule has 1 amide bonds. The number of methoxy groups -OCH3 is 1. The number of nitrogens with two attached hydrogens (primary N) is 1. The van der Waals surface area contributed by atoms with Crippen molar-refractivity contribution in [1.29, 1.82) is 0 Å². The fourth-order valence-corrected chi connectivity index (χ4v) is 1.16. The maximum atomic E-state index is 11.4. The average Bonchev–Trinajstić information content (AvgIpc) is 2.24. The van der Waals surface area contributed by atoms with Gasteiger partial charge in [0.2, 0.25) is 11.3 Å². The third kappa shape index (κ3) is 3.74. The molecule has 1 rings (SSSR count). The molecule has 0 aliphatic heterocycles. The van der Waals surface area contributed by atoms with E-state index < -0.39 is 0 Å². The maximum absolute atomic E-state index is 11.4. The molecule has 0 atom stereocenters. The smallest absolute Gasteiger partial charge is 0.239 e. The van der Waals surface area contributed by atoms with Crippen LogP contribution in [0, 0.1) is 0 Å². The van der Waals surface area contributed by atoms with Crippen molar-refractivity contribution in [2.75, 3.05) is 26.0 Å². The normalized spacial score (nSPS) is 10.1. The predicted octanol–water partition coefficient (Wildman–Crippen LogP) is -0.807. The van der Waals surface area contributed by atoms with Gasteiger partial charge in [0.05, 0.1) is 12.3 Å². The Morgan fingerprint density at radius 1 is 1.62 bits per heavy atom. The molecule has 0 saturated carbocycles. The van der Waals surface area contributed by atoms with Gasteiger partial charge in [0.15, 0.2) is 0 Å². The number of carbonyl (C=O) groups is 1. The Bertz CT molecular complexity index is 414. The first kappa shape index (κ1) is 12.3. The molecule has 0 unspecified atom stereocenters. The van der Waals surface area contributed by atoms with Crippen molar-refractivity contribution < 1.29 is 9.53 Å². The number of ether oxygens (including phenoxy) is 1.